The van der Waals surface area contributed by atoms with Crippen molar-refractivity contribution >= 4 is 16.9 Å². The molecule has 0 aliphatic rings. The van der Waals surface area contributed by atoms with Crippen LogP contribution in [0.15, 0.2) is 47.8 Å². The number of rotatable bonds is 3. The van der Waals surface area contributed by atoms with Crippen LogP contribution >= 0.6 is 0 Å². The Morgan fingerprint density at radius 1 is 1.32 bits per heavy atom. The summed E-state index contributed by atoms with van der Waals surface area (Å²) in [6.45, 7) is 2.46. The standard InChI is InChI=1S/C16H13N3O3/c1-2-19-8-12(16(21)22)15(20)11-4-3-10(7-14(11)19)13-5-6-17-9-18-13/h3-9H,2H2,1H3,(H,21,22). The van der Waals surface area contributed by atoms with Crippen molar-refractivity contribution in [1.29, 1.82) is 0 Å². The molecule has 0 spiro atoms. The highest BCUT2D eigenvalue weighted by Gasteiger charge is 2.14. The number of pyridine rings is 1. The van der Waals surface area contributed by atoms with Gasteiger partial charge in [0.15, 0.2) is 0 Å². The topological polar surface area (TPSA) is 85.1 Å². The van der Waals surface area contributed by atoms with Crippen molar-refractivity contribution in [2.24, 2.45) is 0 Å². The van der Waals surface area contributed by atoms with Gasteiger partial charge in [0.1, 0.15) is 11.9 Å². The van der Waals surface area contributed by atoms with Gasteiger partial charge in [-0.1, -0.05) is 6.07 Å². The summed E-state index contributed by atoms with van der Waals surface area (Å²) in [6.07, 6.45) is 4.49. The van der Waals surface area contributed by atoms with Gasteiger partial charge < -0.3 is 9.67 Å². The number of aromatic nitrogens is 3. The van der Waals surface area contributed by atoms with Gasteiger partial charge >= 0.3 is 5.97 Å². The zero-order chi connectivity index (χ0) is 15.7. The first-order chi connectivity index (χ1) is 10.6. The highest BCUT2D eigenvalue weighted by atomic mass is 16.4. The van der Waals surface area contributed by atoms with E-state index in [2.05, 4.69) is 9.97 Å². The van der Waals surface area contributed by atoms with Crippen LogP contribution in [0.2, 0.25) is 0 Å². The van der Waals surface area contributed by atoms with Gasteiger partial charge in [-0.2, -0.15) is 0 Å². The fourth-order valence-corrected chi connectivity index (χ4v) is 2.43. The van der Waals surface area contributed by atoms with E-state index >= 15 is 0 Å². The van der Waals surface area contributed by atoms with E-state index in [1.165, 1.54) is 12.5 Å². The molecule has 0 aliphatic heterocycles. The summed E-state index contributed by atoms with van der Waals surface area (Å²) in [5.74, 6) is -1.21. The Labute approximate surface area is 125 Å². The smallest absolute Gasteiger partial charge is 0.341 e. The highest BCUT2D eigenvalue weighted by Crippen LogP contribution is 2.21. The fourth-order valence-electron chi connectivity index (χ4n) is 2.43. The van der Waals surface area contributed by atoms with Gasteiger partial charge in [0.25, 0.3) is 0 Å². The Bertz CT molecular complexity index is 917. The van der Waals surface area contributed by atoms with Gasteiger partial charge in [-0.3, -0.25) is 4.79 Å². The van der Waals surface area contributed by atoms with Crippen molar-refractivity contribution in [2.45, 2.75) is 13.5 Å². The minimum Gasteiger partial charge on any atom is -0.477 e. The number of benzene rings is 1. The molecule has 0 unspecified atom stereocenters. The Balaban J connectivity index is 2.31. The van der Waals surface area contributed by atoms with Crippen molar-refractivity contribution < 1.29 is 9.90 Å². The molecule has 0 radical (unpaired) electrons. The van der Waals surface area contributed by atoms with Crippen LogP contribution in [-0.2, 0) is 6.54 Å². The SMILES string of the molecule is CCn1cc(C(=O)O)c(=O)c2ccc(-c3ccncn3)cc21. The second kappa shape index (κ2) is 5.40. The Kier molecular flexibility index (Phi) is 3.42. The molecule has 2 heterocycles. The van der Waals surface area contributed by atoms with E-state index in [1.54, 1.807) is 29.0 Å². The number of carboxylic acid groups (broad SMARTS) is 1. The predicted molar refractivity (Wildman–Crippen MR) is 81.9 cm³/mol. The normalized spacial score (nSPS) is 10.8. The third-order valence-corrected chi connectivity index (χ3v) is 3.53. The molecule has 0 saturated carbocycles. The van der Waals surface area contributed by atoms with Crippen LogP contribution in [0.5, 0.6) is 0 Å². The lowest BCUT2D eigenvalue weighted by atomic mass is 10.1. The molecule has 22 heavy (non-hydrogen) atoms. The van der Waals surface area contributed by atoms with Crippen molar-refractivity contribution in [3.05, 3.63) is 58.8 Å². The summed E-state index contributed by atoms with van der Waals surface area (Å²) in [4.78, 5) is 31.5. The number of hydrogen-bond donors (Lipinski definition) is 1. The van der Waals surface area contributed by atoms with E-state index in [0.717, 1.165) is 11.3 Å². The first kappa shape index (κ1) is 13.9. The maximum atomic E-state index is 12.3. The van der Waals surface area contributed by atoms with Gasteiger partial charge in [0, 0.05) is 29.9 Å². The van der Waals surface area contributed by atoms with Crippen molar-refractivity contribution in [2.75, 3.05) is 0 Å². The highest BCUT2D eigenvalue weighted by molar-refractivity contribution is 5.93. The monoisotopic (exact) mass is 295 g/mol. The number of nitrogens with zero attached hydrogens (tertiary/aromatic N) is 3. The number of fused-ring (bicyclic) bond motifs is 1. The summed E-state index contributed by atoms with van der Waals surface area (Å²) in [5, 5.41) is 9.54. The molecular formula is C16H13N3O3. The Morgan fingerprint density at radius 3 is 2.77 bits per heavy atom. The molecule has 0 fully saturated rings. The lowest BCUT2D eigenvalue weighted by Gasteiger charge is -2.11. The van der Waals surface area contributed by atoms with E-state index in [-0.39, 0.29) is 5.56 Å². The fraction of sp³-hybridized carbons (Fsp3) is 0.125. The number of carboxylic acids is 1. The van der Waals surface area contributed by atoms with Crippen LogP contribution < -0.4 is 5.43 Å². The molecular weight excluding hydrogens is 282 g/mol. The van der Waals surface area contributed by atoms with Gasteiger partial charge in [0.2, 0.25) is 5.43 Å². The van der Waals surface area contributed by atoms with Gasteiger partial charge in [-0.05, 0) is 25.1 Å². The maximum Gasteiger partial charge on any atom is 0.341 e. The average Bonchev–Trinajstić information content (AvgIpc) is 2.55. The first-order valence-corrected chi connectivity index (χ1v) is 6.78. The van der Waals surface area contributed by atoms with Crippen molar-refractivity contribution in [1.82, 2.24) is 14.5 Å². The predicted octanol–water partition coefficient (Wildman–Crippen LogP) is 2.18. The minimum absolute atomic E-state index is 0.218. The quantitative estimate of drug-likeness (QED) is 0.800. The molecule has 1 aromatic carbocycles. The molecule has 110 valence electrons. The molecule has 3 aromatic rings. The number of hydrogen-bond acceptors (Lipinski definition) is 4. The number of aryl methyl sites for hydroxylation is 1. The van der Waals surface area contributed by atoms with E-state index in [9.17, 15) is 9.59 Å². The zero-order valence-electron chi connectivity index (χ0n) is 11.9. The van der Waals surface area contributed by atoms with E-state index < -0.39 is 11.4 Å². The molecule has 6 heteroatoms. The number of aromatic carboxylic acids is 1. The second-order valence-electron chi connectivity index (χ2n) is 4.79. The number of carbonyl (C=O) groups is 1. The van der Waals surface area contributed by atoms with E-state index in [4.69, 9.17) is 5.11 Å². The Morgan fingerprint density at radius 2 is 2.14 bits per heavy atom. The van der Waals surface area contributed by atoms with Crippen LogP contribution in [0.1, 0.15) is 17.3 Å². The lowest BCUT2D eigenvalue weighted by molar-refractivity contribution is 0.0695. The van der Waals surface area contributed by atoms with Crippen LogP contribution in [-0.4, -0.2) is 25.6 Å². The largest absolute Gasteiger partial charge is 0.477 e. The molecule has 0 amide bonds. The van der Waals surface area contributed by atoms with Gasteiger partial charge in [-0.25, -0.2) is 14.8 Å². The molecule has 1 N–H and O–H groups in total. The van der Waals surface area contributed by atoms with Crippen LogP contribution in [0.4, 0.5) is 0 Å². The molecule has 3 rings (SSSR count). The summed E-state index contributed by atoms with van der Waals surface area (Å²) >= 11 is 0. The third-order valence-electron chi connectivity index (χ3n) is 3.53. The Hall–Kier alpha value is -3.02. The third kappa shape index (κ3) is 2.24. The minimum atomic E-state index is -1.21. The van der Waals surface area contributed by atoms with Crippen LogP contribution in [0, 0.1) is 0 Å². The first-order valence-electron chi connectivity index (χ1n) is 6.78. The molecule has 6 nitrogen and oxygen atoms in total. The molecule has 0 saturated heterocycles. The van der Waals surface area contributed by atoms with Gasteiger partial charge in [0.05, 0.1) is 11.2 Å². The zero-order valence-corrected chi connectivity index (χ0v) is 11.9. The lowest BCUT2D eigenvalue weighted by Crippen LogP contribution is -2.18. The molecule has 0 aliphatic carbocycles. The summed E-state index contributed by atoms with van der Waals surface area (Å²) in [7, 11) is 0. The summed E-state index contributed by atoms with van der Waals surface area (Å²) in [6, 6.07) is 7.03. The molecule has 0 atom stereocenters. The van der Waals surface area contributed by atoms with E-state index in [1.807, 2.05) is 13.0 Å². The van der Waals surface area contributed by atoms with E-state index in [0.29, 0.717) is 17.4 Å². The maximum absolute atomic E-state index is 12.3. The summed E-state index contributed by atoms with van der Waals surface area (Å²) in [5.41, 5.74) is 1.59. The molecule has 2 aromatic heterocycles. The van der Waals surface area contributed by atoms with Crippen LogP contribution in [0.25, 0.3) is 22.2 Å². The van der Waals surface area contributed by atoms with Crippen molar-refractivity contribution in [3.63, 3.8) is 0 Å². The van der Waals surface area contributed by atoms with Gasteiger partial charge in [-0.15, -0.1) is 0 Å². The molecule has 0 bridgehead atoms. The second-order valence-corrected chi connectivity index (χ2v) is 4.79. The average molecular weight is 295 g/mol. The van der Waals surface area contributed by atoms with Crippen LogP contribution in [0.3, 0.4) is 0 Å². The summed E-state index contributed by atoms with van der Waals surface area (Å²) < 4.78 is 1.75. The van der Waals surface area contributed by atoms with Crippen molar-refractivity contribution in [3.8, 4) is 11.3 Å².